The second-order valence-electron chi connectivity index (χ2n) is 7.29. The summed E-state index contributed by atoms with van der Waals surface area (Å²) in [5, 5.41) is 0. The van der Waals surface area contributed by atoms with E-state index in [0.717, 1.165) is 19.3 Å². The number of hydrogen-bond acceptors (Lipinski definition) is 5. The fraction of sp³-hybridized carbons (Fsp3) is 0.304. The van der Waals surface area contributed by atoms with Crippen LogP contribution in [0.1, 0.15) is 52.9 Å². The van der Waals surface area contributed by atoms with Gasteiger partial charge in [0.05, 0.1) is 12.1 Å². The van der Waals surface area contributed by atoms with Gasteiger partial charge in [-0.2, -0.15) is 0 Å². The number of fused-ring (bicyclic) bond motifs is 2. The Kier molecular flexibility index (Phi) is 5.51. The molecule has 0 saturated heterocycles. The molecule has 0 unspecified atom stereocenters. The Bertz CT molecular complexity index is 1130. The highest BCUT2D eigenvalue weighted by Gasteiger charge is 2.15. The highest BCUT2D eigenvalue weighted by Crippen LogP contribution is 2.23. The van der Waals surface area contributed by atoms with Crippen LogP contribution < -0.4 is 5.56 Å². The molecule has 6 heteroatoms. The minimum Gasteiger partial charge on any atom is -0.459 e. The van der Waals surface area contributed by atoms with Crippen LogP contribution in [-0.2, 0) is 29.0 Å². The number of benzene rings is 1. The van der Waals surface area contributed by atoms with Crippen molar-refractivity contribution in [1.82, 2.24) is 9.38 Å². The molecule has 2 aromatic heterocycles. The molecule has 1 aliphatic rings. The fourth-order valence-electron chi connectivity index (χ4n) is 3.67. The first-order valence-electron chi connectivity index (χ1n) is 9.88. The van der Waals surface area contributed by atoms with Crippen LogP contribution >= 0.6 is 0 Å². The van der Waals surface area contributed by atoms with E-state index in [2.05, 4.69) is 4.98 Å². The van der Waals surface area contributed by atoms with Gasteiger partial charge < -0.3 is 4.74 Å². The second kappa shape index (κ2) is 8.39. The molecule has 0 radical (unpaired) electrons. The summed E-state index contributed by atoms with van der Waals surface area (Å²) < 4.78 is 6.63. The number of hydrogen-bond donors (Lipinski definition) is 0. The zero-order valence-corrected chi connectivity index (χ0v) is 16.1. The second-order valence-corrected chi connectivity index (χ2v) is 7.29. The first kappa shape index (κ1) is 19.1. The van der Waals surface area contributed by atoms with Crippen molar-refractivity contribution in [2.24, 2.45) is 0 Å². The SMILES string of the molecule is O=C(CCC(=O)c1ccc2c(c1)CCCC2)OCc1cc(=O)n2ccccc2n1. The van der Waals surface area contributed by atoms with E-state index >= 15 is 0 Å². The van der Waals surface area contributed by atoms with Gasteiger partial charge in [-0.1, -0.05) is 18.2 Å². The van der Waals surface area contributed by atoms with Crippen molar-refractivity contribution in [3.63, 3.8) is 0 Å². The number of aryl methyl sites for hydroxylation is 2. The summed E-state index contributed by atoms with van der Waals surface area (Å²) in [5.41, 5.74) is 3.88. The monoisotopic (exact) mass is 390 g/mol. The molecular weight excluding hydrogens is 368 g/mol. The third-order valence-electron chi connectivity index (χ3n) is 5.23. The number of ether oxygens (including phenoxy) is 1. The van der Waals surface area contributed by atoms with Gasteiger partial charge in [0.15, 0.2) is 5.78 Å². The molecule has 0 atom stereocenters. The molecule has 4 rings (SSSR count). The van der Waals surface area contributed by atoms with Gasteiger partial charge in [0.25, 0.3) is 5.56 Å². The van der Waals surface area contributed by atoms with E-state index in [0.29, 0.717) is 16.9 Å². The predicted octanol–water partition coefficient (Wildman–Crippen LogP) is 3.28. The Morgan fingerprint density at radius 3 is 2.69 bits per heavy atom. The van der Waals surface area contributed by atoms with Gasteiger partial charge in [-0.25, -0.2) is 4.98 Å². The van der Waals surface area contributed by atoms with Crippen LogP contribution in [0.3, 0.4) is 0 Å². The lowest BCUT2D eigenvalue weighted by Crippen LogP contribution is -2.16. The van der Waals surface area contributed by atoms with Crippen LogP contribution in [0, 0.1) is 0 Å². The van der Waals surface area contributed by atoms with Gasteiger partial charge in [0.2, 0.25) is 0 Å². The molecule has 6 nitrogen and oxygen atoms in total. The molecule has 0 amide bonds. The number of Topliss-reactive ketones (excluding diaryl/α,β-unsaturated/α-hetero) is 1. The summed E-state index contributed by atoms with van der Waals surface area (Å²) in [5.74, 6) is -0.538. The smallest absolute Gasteiger partial charge is 0.306 e. The molecule has 0 saturated carbocycles. The molecule has 29 heavy (non-hydrogen) atoms. The highest BCUT2D eigenvalue weighted by molar-refractivity contribution is 5.97. The standard InChI is InChI=1S/C23H22N2O4/c26-20(18-9-8-16-5-1-2-6-17(16)13-18)10-11-23(28)29-15-19-14-22(27)25-12-4-3-7-21(25)24-19/h3-4,7-9,12-14H,1-2,5-6,10-11,15H2. The van der Waals surface area contributed by atoms with Crippen molar-refractivity contribution in [3.8, 4) is 0 Å². The highest BCUT2D eigenvalue weighted by atomic mass is 16.5. The molecule has 0 N–H and O–H groups in total. The molecular formula is C23H22N2O4. The van der Waals surface area contributed by atoms with Crippen molar-refractivity contribution in [2.45, 2.75) is 45.1 Å². The van der Waals surface area contributed by atoms with Crippen molar-refractivity contribution in [2.75, 3.05) is 0 Å². The van der Waals surface area contributed by atoms with E-state index < -0.39 is 5.97 Å². The van der Waals surface area contributed by atoms with Gasteiger partial charge in [-0.3, -0.25) is 18.8 Å². The number of carbonyl (C=O) groups excluding carboxylic acids is 2. The number of pyridine rings is 1. The van der Waals surface area contributed by atoms with Gasteiger partial charge in [0.1, 0.15) is 12.3 Å². The average Bonchev–Trinajstić information content (AvgIpc) is 2.75. The van der Waals surface area contributed by atoms with Crippen LogP contribution in [0.2, 0.25) is 0 Å². The van der Waals surface area contributed by atoms with Crippen molar-refractivity contribution in [1.29, 1.82) is 0 Å². The molecule has 1 aliphatic carbocycles. The molecule has 148 valence electrons. The summed E-state index contributed by atoms with van der Waals surface area (Å²) in [7, 11) is 0. The Morgan fingerprint density at radius 2 is 1.83 bits per heavy atom. The summed E-state index contributed by atoms with van der Waals surface area (Å²) in [6.07, 6.45) is 6.18. The number of rotatable bonds is 6. The molecule has 0 bridgehead atoms. The zero-order chi connectivity index (χ0) is 20.2. The Balaban J connectivity index is 1.32. The van der Waals surface area contributed by atoms with Gasteiger partial charge in [-0.15, -0.1) is 0 Å². The predicted molar refractivity (Wildman–Crippen MR) is 108 cm³/mol. The largest absolute Gasteiger partial charge is 0.459 e. The van der Waals surface area contributed by atoms with Gasteiger partial charge in [-0.05, 0) is 55.0 Å². The lowest BCUT2D eigenvalue weighted by Gasteiger charge is -2.16. The molecule has 1 aromatic carbocycles. The number of ketones is 1. The Labute approximate surface area is 168 Å². The third-order valence-corrected chi connectivity index (χ3v) is 5.23. The van der Waals surface area contributed by atoms with Crippen LogP contribution in [0.15, 0.2) is 53.5 Å². The summed E-state index contributed by atoms with van der Waals surface area (Å²) in [6, 6.07) is 12.4. The van der Waals surface area contributed by atoms with Gasteiger partial charge >= 0.3 is 5.97 Å². The maximum atomic E-state index is 12.4. The first-order valence-corrected chi connectivity index (χ1v) is 9.88. The van der Waals surface area contributed by atoms with E-state index in [4.69, 9.17) is 4.74 Å². The zero-order valence-electron chi connectivity index (χ0n) is 16.1. The molecule has 0 aliphatic heterocycles. The maximum Gasteiger partial charge on any atom is 0.306 e. The average molecular weight is 390 g/mol. The Hall–Kier alpha value is -3.28. The molecule has 0 spiro atoms. The van der Waals surface area contributed by atoms with Crippen LogP contribution in [0.4, 0.5) is 0 Å². The topological polar surface area (TPSA) is 77.7 Å². The van der Waals surface area contributed by atoms with E-state index in [1.165, 1.54) is 28.0 Å². The lowest BCUT2D eigenvalue weighted by atomic mass is 9.89. The fourth-order valence-corrected chi connectivity index (χ4v) is 3.67. The first-order chi connectivity index (χ1) is 14.1. The summed E-state index contributed by atoms with van der Waals surface area (Å²) in [6.45, 7) is -0.0908. The van der Waals surface area contributed by atoms with Crippen LogP contribution in [0.25, 0.3) is 5.65 Å². The number of esters is 1. The summed E-state index contributed by atoms with van der Waals surface area (Å²) in [4.78, 5) is 40.9. The lowest BCUT2D eigenvalue weighted by molar-refractivity contribution is -0.145. The summed E-state index contributed by atoms with van der Waals surface area (Å²) >= 11 is 0. The van der Waals surface area contributed by atoms with Crippen LogP contribution in [-0.4, -0.2) is 21.1 Å². The number of carbonyl (C=O) groups is 2. The normalized spacial score (nSPS) is 13.1. The van der Waals surface area contributed by atoms with Gasteiger partial charge in [0, 0.05) is 24.2 Å². The number of aromatic nitrogens is 2. The Morgan fingerprint density at radius 1 is 1.00 bits per heavy atom. The minimum absolute atomic E-state index is 0.00246. The van der Waals surface area contributed by atoms with Crippen molar-refractivity contribution in [3.05, 3.63) is 81.4 Å². The number of nitrogens with zero attached hydrogens (tertiary/aromatic N) is 2. The third kappa shape index (κ3) is 4.42. The van der Waals surface area contributed by atoms with E-state index in [-0.39, 0.29) is 30.8 Å². The molecule has 2 heterocycles. The van der Waals surface area contributed by atoms with Crippen molar-refractivity contribution < 1.29 is 14.3 Å². The van der Waals surface area contributed by atoms with E-state index in [1.807, 2.05) is 18.2 Å². The van der Waals surface area contributed by atoms with Crippen molar-refractivity contribution >= 4 is 17.4 Å². The molecule has 3 aromatic rings. The van der Waals surface area contributed by atoms with E-state index in [1.54, 1.807) is 24.4 Å². The van der Waals surface area contributed by atoms with E-state index in [9.17, 15) is 14.4 Å². The molecule has 0 fully saturated rings. The quantitative estimate of drug-likeness (QED) is 0.477. The minimum atomic E-state index is -0.480. The maximum absolute atomic E-state index is 12.4. The van der Waals surface area contributed by atoms with Crippen LogP contribution in [0.5, 0.6) is 0 Å².